The van der Waals surface area contributed by atoms with E-state index in [0.717, 1.165) is 23.4 Å². The monoisotopic (exact) mass is 303 g/mol. The summed E-state index contributed by atoms with van der Waals surface area (Å²) < 4.78 is 18.2. The number of hydrazine groups is 2. The highest BCUT2D eigenvalue weighted by atomic mass is 19.1. The average Bonchev–Trinajstić information content (AvgIpc) is 3.10. The summed E-state index contributed by atoms with van der Waals surface area (Å²) >= 11 is 0. The summed E-state index contributed by atoms with van der Waals surface area (Å²) in [6.45, 7) is 0. The second-order valence-corrected chi connectivity index (χ2v) is 6.72. The maximum absolute atomic E-state index is 13.2. The van der Waals surface area contributed by atoms with E-state index in [4.69, 9.17) is 9.25 Å². The molecule has 4 fully saturated rings. The minimum Gasteiger partial charge on any atom is -0.431 e. The predicted octanol–water partition coefficient (Wildman–Crippen LogP) is 3.24. The van der Waals surface area contributed by atoms with Crippen molar-refractivity contribution in [3.8, 4) is 0 Å². The van der Waals surface area contributed by atoms with Crippen LogP contribution >= 0.6 is 0 Å². The number of halogens is 1. The lowest BCUT2D eigenvalue weighted by molar-refractivity contribution is -0.153. The van der Waals surface area contributed by atoms with Crippen LogP contribution in [0.2, 0.25) is 0 Å². The Labute approximate surface area is 127 Å². The van der Waals surface area contributed by atoms with Gasteiger partial charge in [-0.05, 0) is 56.2 Å². The van der Waals surface area contributed by atoms with E-state index in [1.165, 1.54) is 31.7 Å². The largest absolute Gasteiger partial charge is 0.431 e. The van der Waals surface area contributed by atoms with Crippen molar-refractivity contribution in [2.24, 2.45) is 11.8 Å². The van der Waals surface area contributed by atoms with Crippen molar-refractivity contribution < 1.29 is 13.6 Å². The Balaban J connectivity index is 1.44. The second-order valence-electron chi connectivity index (χ2n) is 6.72. The molecule has 4 aliphatic rings. The highest BCUT2D eigenvalue weighted by molar-refractivity contribution is 5.81. The van der Waals surface area contributed by atoms with Crippen molar-refractivity contribution in [2.75, 3.05) is 5.12 Å². The van der Waals surface area contributed by atoms with Gasteiger partial charge in [0.25, 0.3) is 6.01 Å². The third-order valence-electron chi connectivity index (χ3n) is 5.45. The number of hydrogen-bond acceptors (Lipinski definition) is 5. The van der Waals surface area contributed by atoms with Crippen LogP contribution in [0.15, 0.2) is 28.7 Å². The summed E-state index contributed by atoms with van der Waals surface area (Å²) in [5.41, 5.74) is 7.62. The number of benzene rings is 1. The Morgan fingerprint density at radius 1 is 1.18 bits per heavy atom. The Morgan fingerprint density at radius 2 is 2.05 bits per heavy atom. The van der Waals surface area contributed by atoms with Crippen molar-refractivity contribution >= 4 is 16.7 Å². The molecule has 6 heteroatoms. The third kappa shape index (κ3) is 1.81. The van der Waals surface area contributed by atoms with E-state index in [2.05, 4.69) is 11.0 Å². The van der Waals surface area contributed by atoms with Crippen LogP contribution in [0.5, 0.6) is 0 Å². The van der Waals surface area contributed by atoms with Crippen LogP contribution in [0.25, 0.3) is 11.0 Å². The summed E-state index contributed by atoms with van der Waals surface area (Å²) in [7, 11) is 0. The van der Waals surface area contributed by atoms with E-state index in [0.29, 0.717) is 11.5 Å². The van der Waals surface area contributed by atoms with Crippen LogP contribution in [0, 0.1) is 17.8 Å². The van der Waals surface area contributed by atoms with Gasteiger partial charge in [0.05, 0.1) is 5.69 Å². The van der Waals surface area contributed by atoms with Gasteiger partial charge in [-0.3, -0.25) is 4.84 Å². The molecule has 3 saturated carbocycles. The first-order valence-corrected chi connectivity index (χ1v) is 7.93. The van der Waals surface area contributed by atoms with Gasteiger partial charge in [-0.2, -0.15) is 9.82 Å². The van der Waals surface area contributed by atoms with E-state index in [-0.39, 0.29) is 5.72 Å². The van der Waals surface area contributed by atoms with Crippen molar-refractivity contribution in [1.82, 2.24) is 11.0 Å². The smallest absolute Gasteiger partial charge is 0.278 e. The quantitative estimate of drug-likeness (QED) is 0.847. The predicted molar refractivity (Wildman–Crippen MR) is 78.8 cm³/mol. The first-order chi connectivity index (χ1) is 10.7. The number of furan rings is 1. The molecule has 2 N–H and O–H groups in total. The molecule has 0 radical (unpaired) electrons. The Hall–Kier alpha value is -1.63. The minimum atomic E-state index is -0.563. The van der Waals surface area contributed by atoms with Crippen LogP contribution in [0.1, 0.15) is 32.1 Å². The molecule has 1 aromatic heterocycles. The highest BCUT2D eigenvalue weighted by Gasteiger charge is 2.53. The minimum absolute atomic E-state index is 0.294. The fourth-order valence-electron chi connectivity index (χ4n) is 4.31. The zero-order chi connectivity index (χ0) is 14.7. The van der Waals surface area contributed by atoms with Crippen molar-refractivity contribution in [1.29, 1.82) is 0 Å². The SMILES string of the molecule is Fc1cc2cc(N3NO[C@]4(CC5CCC4CC5)N3)ccc2o1. The molecule has 1 aromatic carbocycles. The van der Waals surface area contributed by atoms with Gasteiger partial charge in [-0.15, -0.1) is 0 Å². The molecule has 22 heavy (non-hydrogen) atoms. The molecule has 1 saturated heterocycles. The van der Waals surface area contributed by atoms with Gasteiger partial charge >= 0.3 is 0 Å². The molecule has 2 heterocycles. The van der Waals surface area contributed by atoms with Gasteiger partial charge in [0, 0.05) is 17.4 Å². The van der Waals surface area contributed by atoms with Crippen LogP contribution in [0.3, 0.4) is 0 Å². The lowest BCUT2D eigenvalue weighted by Gasteiger charge is -2.47. The molecule has 1 spiro atoms. The van der Waals surface area contributed by atoms with Crippen LogP contribution in [-0.4, -0.2) is 5.72 Å². The fourth-order valence-corrected chi connectivity index (χ4v) is 4.31. The Bertz CT molecular complexity index is 725. The van der Waals surface area contributed by atoms with E-state index < -0.39 is 6.01 Å². The van der Waals surface area contributed by atoms with E-state index in [1.54, 1.807) is 11.2 Å². The van der Waals surface area contributed by atoms with Gasteiger partial charge in [0.1, 0.15) is 5.58 Å². The molecule has 2 bridgehead atoms. The topological polar surface area (TPSA) is 49.7 Å². The number of nitrogens with one attached hydrogen (secondary N) is 2. The molecule has 1 aliphatic heterocycles. The Kier molecular flexibility index (Phi) is 2.60. The van der Waals surface area contributed by atoms with Gasteiger partial charge < -0.3 is 4.42 Å². The van der Waals surface area contributed by atoms with Crippen LogP contribution in [-0.2, 0) is 4.84 Å². The van der Waals surface area contributed by atoms with Crippen molar-refractivity contribution in [3.63, 3.8) is 0 Å². The van der Waals surface area contributed by atoms with Gasteiger partial charge in [0.2, 0.25) is 0 Å². The molecule has 1 atom stereocenters. The zero-order valence-electron chi connectivity index (χ0n) is 12.1. The summed E-state index contributed by atoms with van der Waals surface area (Å²) in [6.07, 6.45) is 6.12. The van der Waals surface area contributed by atoms with Gasteiger partial charge in [0.15, 0.2) is 5.72 Å². The molecule has 116 valence electrons. The summed E-state index contributed by atoms with van der Waals surface area (Å²) in [6, 6.07) is 6.37. The third-order valence-corrected chi connectivity index (χ3v) is 5.45. The van der Waals surface area contributed by atoms with E-state index in [1.807, 2.05) is 12.1 Å². The normalized spacial score (nSPS) is 34.1. The molecule has 0 unspecified atom stereocenters. The lowest BCUT2D eigenvalue weighted by Crippen LogP contribution is -2.57. The number of anilines is 1. The maximum Gasteiger partial charge on any atom is 0.278 e. The van der Waals surface area contributed by atoms with Crippen LogP contribution in [0.4, 0.5) is 10.1 Å². The first-order valence-electron chi connectivity index (χ1n) is 7.93. The molecule has 6 rings (SSSR count). The first kappa shape index (κ1) is 12.9. The van der Waals surface area contributed by atoms with Crippen molar-refractivity contribution in [2.45, 2.75) is 37.8 Å². The van der Waals surface area contributed by atoms with Crippen LogP contribution < -0.4 is 16.1 Å². The summed E-state index contributed by atoms with van der Waals surface area (Å²) in [5.74, 6) is 1.30. The highest BCUT2D eigenvalue weighted by Crippen LogP contribution is 2.49. The molecule has 3 aliphatic carbocycles. The number of nitrogens with zero attached hydrogens (tertiary/aromatic N) is 1. The summed E-state index contributed by atoms with van der Waals surface area (Å²) in [4.78, 5) is 5.97. The van der Waals surface area contributed by atoms with E-state index in [9.17, 15) is 4.39 Å². The standard InChI is InChI=1S/C16H18FN3O2/c17-15-8-11-7-13(5-6-14(11)21-15)20-18-16(22-19-20)9-10-1-3-12(16)4-2-10/h5-8,10,12,18-19H,1-4,9H2/t10?,12?,16-/m0/s1. The maximum atomic E-state index is 13.2. The number of rotatable bonds is 1. The van der Waals surface area contributed by atoms with Crippen molar-refractivity contribution in [3.05, 3.63) is 30.3 Å². The molecule has 5 nitrogen and oxygen atoms in total. The number of fused-ring (bicyclic) bond motifs is 3. The molecule has 2 aromatic rings. The van der Waals surface area contributed by atoms with Gasteiger partial charge in [-0.25, -0.2) is 5.12 Å². The number of hydrogen-bond donors (Lipinski definition) is 2. The van der Waals surface area contributed by atoms with E-state index >= 15 is 0 Å². The molecular formula is C16H18FN3O2. The summed E-state index contributed by atoms with van der Waals surface area (Å²) in [5, 5.41) is 2.54. The zero-order valence-corrected chi connectivity index (χ0v) is 12.1. The fraction of sp³-hybridized carbons (Fsp3) is 0.500. The second kappa shape index (κ2) is 4.44. The van der Waals surface area contributed by atoms with Gasteiger partial charge in [-0.1, -0.05) is 5.59 Å². The molecule has 0 amide bonds. The Morgan fingerprint density at radius 3 is 2.82 bits per heavy atom. The lowest BCUT2D eigenvalue weighted by atomic mass is 9.66. The molecular weight excluding hydrogens is 285 g/mol. The average molecular weight is 303 g/mol.